The minimum Gasteiger partial charge on any atom is -0.480 e. The van der Waals surface area contributed by atoms with Gasteiger partial charge in [-0.1, -0.05) is 0 Å². The van der Waals surface area contributed by atoms with Crippen LogP contribution in [0.15, 0.2) is 6.20 Å². The van der Waals surface area contributed by atoms with E-state index in [9.17, 15) is 4.79 Å². The lowest BCUT2D eigenvalue weighted by atomic mass is 10.4. The van der Waals surface area contributed by atoms with E-state index < -0.39 is 5.97 Å². The first-order valence-corrected chi connectivity index (χ1v) is 3.08. The number of aliphatic carboxylic acids is 1. The lowest BCUT2D eigenvalue weighted by molar-refractivity contribution is -0.137. The molecule has 12 heavy (non-hydrogen) atoms. The van der Waals surface area contributed by atoms with Gasteiger partial charge in [0.25, 0.3) is 0 Å². The van der Waals surface area contributed by atoms with Crippen molar-refractivity contribution in [1.29, 1.82) is 5.26 Å². The molecule has 0 radical (unpaired) electrons. The lowest BCUT2D eigenvalue weighted by Gasteiger charge is -1.91. The van der Waals surface area contributed by atoms with E-state index in [-0.39, 0.29) is 17.9 Å². The summed E-state index contributed by atoms with van der Waals surface area (Å²) in [6.45, 7) is -0.286. The van der Waals surface area contributed by atoms with Crippen LogP contribution in [0.4, 0.5) is 5.82 Å². The topological polar surface area (TPSA) is 105 Å². The van der Waals surface area contributed by atoms with Crippen LogP contribution in [0.3, 0.4) is 0 Å². The molecule has 0 spiro atoms. The van der Waals surface area contributed by atoms with Crippen molar-refractivity contribution in [2.75, 3.05) is 5.73 Å². The highest BCUT2D eigenvalue weighted by molar-refractivity contribution is 5.66. The van der Waals surface area contributed by atoms with Crippen molar-refractivity contribution in [3.63, 3.8) is 0 Å². The molecule has 0 aromatic carbocycles. The van der Waals surface area contributed by atoms with E-state index in [1.807, 2.05) is 0 Å². The lowest BCUT2D eigenvalue weighted by Crippen LogP contribution is -2.09. The van der Waals surface area contributed by atoms with E-state index >= 15 is 0 Å². The molecule has 1 aromatic heterocycles. The Balaban J connectivity index is 2.91. The van der Waals surface area contributed by atoms with Crippen molar-refractivity contribution < 1.29 is 9.90 Å². The molecule has 0 saturated carbocycles. The summed E-state index contributed by atoms with van der Waals surface area (Å²) in [5, 5.41) is 20.4. The van der Waals surface area contributed by atoms with E-state index in [2.05, 4.69) is 5.10 Å². The number of rotatable bonds is 2. The number of anilines is 1. The highest BCUT2D eigenvalue weighted by Gasteiger charge is 2.06. The first-order chi connectivity index (χ1) is 5.63. The minimum atomic E-state index is -1.03. The molecule has 1 aromatic rings. The Bertz CT molecular complexity index is 349. The zero-order valence-electron chi connectivity index (χ0n) is 6.06. The van der Waals surface area contributed by atoms with E-state index in [0.717, 1.165) is 4.68 Å². The van der Waals surface area contributed by atoms with Crippen LogP contribution in [0.2, 0.25) is 0 Å². The van der Waals surface area contributed by atoms with Gasteiger partial charge < -0.3 is 10.8 Å². The number of carboxylic acid groups (broad SMARTS) is 1. The SMILES string of the molecule is N#Cc1cn(CC(=O)O)nc1N. The second-order valence-corrected chi connectivity index (χ2v) is 2.13. The number of nitrogen functional groups attached to an aromatic ring is 1. The fourth-order valence-corrected chi connectivity index (χ4v) is 0.742. The third-order valence-electron chi connectivity index (χ3n) is 1.21. The number of hydrogen-bond donors (Lipinski definition) is 2. The molecular weight excluding hydrogens is 160 g/mol. The number of hydrogen-bond acceptors (Lipinski definition) is 4. The number of nitrogens with zero attached hydrogens (tertiary/aromatic N) is 3. The molecule has 0 unspecified atom stereocenters. The summed E-state index contributed by atoms with van der Waals surface area (Å²) >= 11 is 0. The van der Waals surface area contributed by atoms with Crippen LogP contribution >= 0.6 is 0 Å². The Morgan fingerprint density at radius 2 is 2.58 bits per heavy atom. The van der Waals surface area contributed by atoms with Gasteiger partial charge in [-0.25, -0.2) is 0 Å². The average molecular weight is 166 g/mol. The predicted molar refractivity (Wildman–Crippen MR) is 39.0 cm³/mol. The third-order valence-corrected chi connectivity index (χ3v) is 1.21. The molecule has 3 N–H and O–H groups in total. The normalized spacial score (nSPS) is 9.25. The summed E-state index contributed by atoms with van der Waals surface area (Å²) in [6.07, 6.45) is 1.30. The van der Waals surface area contributed by atoms with Crippen LogP contribution in [-0.4, -0.2) is 20.9 Å². The Hall–Kier alpha value is -2.03. The second-order valence-electron chi connectivity index (χ2n) is 2.13. The molecule has 0 saturated heterocycles. The summed E-state index contributed by atoms with van der Waals surface area (Å²) in [4.78, 5) is 10.2. The Kier molecular flexibility index (Phi) is 1.96. The minimum absolute atomic E-state index is 0.0544. The average Bonchev–Trinajstić information content (AvgIpc) is 2.29. The van der Waals surface area contributed by atoms with Crippen molar-refractivity contribution in [1.82, 2.24) is 9.78 Å². The van der Waals surface area contributed by atoms with Crippen molar-refractivity contribution in [2.45, 2.75) is 6.54 Å². The number of nitriles is 1. The van der Waals surface area contributed by atoms with Crippen LogP contribution < -0.4 is 5.73 Å². The van der Waals surface area contributed by atoms with Gasteiger partial charge in [-0.3, -0.25) is 9.48 Å². The van der Waals surface area contributed by atoms with Crippen molar-refractivity contribution in [2.24, 2.45) is 0 Å². The number of carboxylic acids is 1. The van der Waals surface area contributed by atoms with Gasteiger partial charge in [0.1, 0.15) is 18.2 Å². The summed E-state index contributed by atoms with van der Waals surface area (Å²) in [5.41, 5.74) is 5.47. The summed E-state index contributed by atoms with van der Waals surface area (Å²) in [7, 11) is 0. The van der Waals surface area contributed by atoms with Gasteiger partial charge in [0.15, 0.2) is 5.82 Å². The molecular formula is C6H6N4O2. The van der Waals surface area contributed by atoms with E-state index in [0.29, 0.717) is 0 Å². The van der Waals surface area contributed by atoms with Crippen LogP contribution in [0.25, 0.3) is 0 Å². The van der Waals surface area contributed by atoms with Gasteiger partial charge in [-0.05, 0) is 0 Å². The van der Waals surface area contributed by atoms with E-state index in [1.54, 1.807) is 6.07 Å². The van der Waals surface area contributed by atoms with Gasteiger partial charge in [-0.2, -0.15) is 10.4 Å². The Morgan fingerprint density at radius 3 is 3.00 bits per heavy atom. The molecule has 1 heterocycles. The van der Waals surface area contributed by atoms with Crippen molar-refractivity contribution >= 4 is 11.8 Å². The molecule has 6 nitrogen and oxygen atoms in total. The van der Waals surface area contributed by atoms with Gasteiger partial charge in [0.05, 0.1) is 0 Å². The monoisotopic (exact) mass is 166 g/mol. The third kappa shape index (κ3) is 1.52. The summed E-state index contributed by atoms with van der Waals surface area (Å²) in [6, 6.07) is 1.79. The molecule has 0 amide bonds. The van der Waals surface area contributed by atoms with Crippen molar-refractivity contribution in [3.05, 3.63) is 11.8 Å². The Morgan fingerprint density at radius 1 is 1.92 bits per heavy atom. The largest absolute Gasteiger partial charge is 0.480 e. The molecule has 6 heteroatoms. The second kappa shape index (κ2) is 2.92. The van der Waals surface area contributed by atoms with E-state index in [4.69, 9.17) is 16.1 Å². The molecule has 0 bridgehead atoms. The zero-order valence-corrected chi connectivity index (χ0v) is 6.06. The molecule has 0 aliphatic rings. The fourth-order valence-electron chi connectivity index (χ4n) is 0.742. The maximum absolute atomic E-state index is 10.2. The maximum atomic E-state index is 10.2. The first-order valence-electron chi connectivity index (χ1n) is 3.08. The number of nitrogens with two attached hydrogens (primary N) is 1. The highest BCUT2D eigenvalue weighted by atomic mass is 16.4. The maximum Gasteiger partial charge on any atom is 0.325 e. The molecule has 0 atom stereocenters. The van der Waals surface area contributed by atoms with E-state index in [1.165, 1.54) is 6.20 Å². The van der Waals surface area contributed by atoms with Gasteiger partial charge >= 0.3 is 5.97 Å². The fraction of sp³-hybridized carbons (Fsp3) is 0.167. The smallest absolute Gasteiger partial charge is 0.325 e. The van der Waals surface area contributed by atoms with Gasteiger partial charge in [0.2, 0.25) is 0 Å². The number of carbonyl (C=O) groups is 1. The summed E-state index contributed by atoms with van der Waals surface area (Å²) < 4.78 is 1.11. The van der Waals surface area contributed by atoms with Crippen LogP contribution in [0.5, 0.6) is 0 Å². The van der Waals surface area contributed by atoms with Gasteiger partial charge in [-0.15, -0.1) is 0 Å². The highest BCUT2D eigenvalue weighted by Crippen LogP contribution is 2.05. The van der Waals surface area contributed by atoms with Crippen LogP contribution in [-0.2, 0) is 11.3 Å². The quantitative estimate of drug-likeness (QED) is 0.611. The van der Waals surface area contributed by atoms with Gasteiger partial charge in [0, 0.05) is 6.20 Å². The van der Waals surface area contributed by atoms with Crippen LogP contribution in [0, 0.1) is 11.3 Å². The predicted octanol–water partition coefficient (Wildman–Crippen LogP) is -0.578. The first kappa shape index (κ1) is 8.07. The molecule has 0 aliphatic carbocycles. The number of aromatic nitrogens is 2. The Labute approximate surface area is 67.8 Å². The van der Waals surface area contributed by atoms with Crippen LogP contribution in [0.1, 0.15) is 5.56 Å². The summed E-state index contributed by atoms with van der Waals surface area (Å²) in [5.74, 6) is -0.972. The molecule has 0 aliphatic heterocycles. The van der Waals surface area contributed by atoms with Crippen molar-refractivity contribution in [3.8, 4) is 6.07 Å². The zero-order chi connectivity index (χ0) is 9.14. The molecule has 1 rings (SSSR count). The molecule has 62 valence electrons. The molecule has 0 fully saturated rings. The standard InChI is InChI=1S/C6H6N4O2/c7-1-4-2-10(3-5(11)12)9-6(4)8/h2H,3H2,(H2,8,9)(H,11,12).